The van der Waals surface area contributed by atoms with Crippen LogP contribution in [0.5, 0.6) is 0 Å². The van der Waals surface area contributed by atoms with E-state index in [1.54, 1.807) is 25.6 Å². The van der Waals surface area contributed by atoms with Gasteiger partial charge in [0.15, 0.2) is 0 Å². The molecule has 0 aliphatic carbocycles. The molecule has 0 aliphatic rings. The first kappa shape index (κ1) is 10.2. The van der Waals surface area contributed by atoms with Gasteiger partial charge in [0.25, 0.3) is 0 Å². The minimum Gasteiger partial charge on any atom is -0.472 e. The molecular formula is C9H10N4O3. The van der Waals surface area contributed by atoms with Crippen LogP contribution in [0.3, 0.4) is 0 Å². The fourth-order valence-corrected chi connectivity index (χ4v) is 1.31. The monoisotopic (exact) mass is 222 g/mol. The normalized spacial score (nSPS) is 10.3. The Balaban J connectivity index is 2.12. The molecule has 0 aromatic carbocycles. The van der Waals surface area contributed by atoms with Crippen molar-refractivity contribution in [2.45, 2.75) is 6.54 Å². The molecule has 0 atom stereocenters. The third-order valence-corrected chi connectivity index (χ3v) is 2.05. The van der Waals surface area contributed by atoms with E-state index in [1.807, 2.05) is 0 Å². The van der Waals surface area contributed by atoms with Crippen LogP contribution in [0.25, 0.3) is 0 Å². The van der Waals surface area contributed by atoms with Crippen LogP contribution in [0.2, 0.25) is 0 Å². The topological polar surface area (TPSA) is 86.1 Å². The van der Waals surface area contributed by atoms with Gasteiger partial charge in [0.1, 0.15) is 6.20 Å². The van der Waals surface area contributed by atoms with Crippen molar-refractivity contribution in [1.82, 2.24) is 9.78 Å². The van der Waals surface area contributed by atoms with Crippen molar-refractivity contribution in [2.24, 2.45) is 7.05 Å². The highest BCUT2D eigenvalue weighted by Gasteiger charge is 2.17. The smallest absolute Gasteiger partial charge is 0.330 e. The molecule has 7 heteroatoms. The maximum absolute atomic E-state index is 10.7. The Morgan fingerprint density at radius 3 is 3.12 bits per heavy atom. The van der Waals surface area contributed by atoms with E-state index in [0.717, 1.165) is 5.56 Å². The third kappa shape index (κ3) is 2.02. The van der Waals surface area contributed by atoms with Gasteiger partial charge in [0.2, 0.25) is 5.82 Å². The van der Waals surface area contributed by atoms with Crippen molar-refractivity contribution in [1.29, 1.82) is 0 Å². The predicted octanol–water partition coefficient (Wildman–Crippen LogP) is 1.53. The number of nitrogens with one attached hydrogen (secondary N) is 1. The van der Waals surface area contributed by atoms with Crippen LogP contribution in [-0.4, -0.2) is 14.7 Å². The Labute approximate surface area is 90.8 Å². The van der Waals surface area contributed by atoms with Crippen LogP contribution in [0.4, 0.5) is 11.5 Å². The van der Waals surface area contributed by atoms with Crippen LogP contribution in [0.15, 0.2) is 29.2 Å². The molecule has 16 heavy (non-hydrogen) atoms. The summed E-state index contributed by atoms with van der Waals surface area (Å²) in [6, 6.07) is 1.78. The van der Waals surface area contributed by atoms with Crippen molar-refractivity contribution in [3.8, 4) is 0 Å². The number of hydrogen-bond donors (Lipinski definition) is 1. The number of rotatable bonds is 4. The summed E-state index contributed by atoms with van der Waals surface area (Å²) >= 11 is 0. The lowest BCUT2D eigenvalue weighted by atomic mass is 10.3. The molecule has 7 nitrogen and oxygen atoms in total. The fraction of sp³-hybridized carbons (Fsp3) is 0.222. The molecule has 1 N–H and O–H groups in total. The summed E-state index contributed by atoms with van der Waals surface area (Å²) in [4.78, 5) is 10.2. The first-order chi connectivity index (χ1) is 7.66. The van der Waals surface area contributed by atoms with E-state index < -0.39 is 4.92 Å². The number of hydrogen-bond acceptors (Lipinski definition) is 5. The molecule has 2 heterocycles. The van der Waals surface area contributed by atoms with E-state index in [4.69, 9.17) is 4.42 Å². The van der Waals surface area contributed by atoms with E-state index in [0.29, 0.717) is 6.54 Å². The van der Waals surface area contributed by atoms with Gasteiger partial charge in [-0.25, -0.2) is 0 Å². The molecule has 0 radical (unpaired) electrons. The van der Waals surface area contributed by atoms with Gasteiger partial charge in [-0.2, -0.15) is 0 Å². The lowest BCUT2D eigenvalue weighted by molar-refractivity contribution is -0.384. The second-order valence-electron chi connectivity index (χ2n) is 3.28. The molecule has 0 aliphatic heterocycles. The van der Waals surface area contributed by atoms with E-state index in [-0.39, 0.29) is 11.5 Å². The Morgan fingerprint density at radius 1 is 1.69 bits per heavy atom. The molecule has 0 saturated heterocycles. The van der Waals surface area contributed by atoms with Gasteiger partial charge in [0, 0.05) is 19.2 Å². The van der Waals surface area contributed by atoms with Gasteiger partial charge in [-0.05, 0) is 6.07 Å². The minimum atomic E-state index is -0.468. The quantitative estimate of drug-likeness (QED) is 0.626. The third-order valence-electron chi connectivity index (χ3n) is 2.05. The number of aromatic nitrogens is 2. The number of aryl methyl sites for hydroxylation is 1. The van der Waals surface area contributed by atoms with Crippen LogP contribution < -0.4 is 5.32 Å². The molecule has 84 valence electrons. The molecule has 0 saturated carbocycles. The summed E-state index contributed by atoms with van der Waals surface area (Å²) in [7, 11) is 1.63. The van der Waals surface area contributed by atoms with E-state index in [1.165, 1.54) is 10.9 Å². The molecule has 0 unspecified atom stereocenters. The van der Waals surface area contributed by atoms with E-state index in [9.17, 15) is 10.1 Å². The zero-order chi connectivity index (χ0) is 11.5. The number of anilines is 1. The Morgan fingerprint density at radius 2 is 2.50 bits per heavy atom. The molecule has 0 amide bonds. The van der Waals surface area contributed by atoms with Gasteiger partial charge in [-0.15, -0.1) is 5.10 Å². The van der Waals surface area contributed by atoms with E-state index in [2.05, 4.69) is 10.4 Å². The summed E-state index contributed by atoms with van der Waals surface area (Å²) in [6.45, 7) is 0.439. The van der Waals surface area contributed by atoms with Crippen LogP contribution in [0.1, 0.15) is 5.56 Å². The first-order valence-corrected chi connectivity index (χ1v) is 4.60. The zero-order valence-corrected chi connectivity index (χ0v) is 8.58. The van der Waals surface area contributed by atoms with Crippen molar-refractivity contribution >= 4 is 11.5 Å². The Kier molecular flexibility index (Phi) is 2.59. The molecule has 2 aromatic heterocycles. The standard InChI is InChI=1S/C9H10N4O3/c1-12-5-8(13(14)15)9(11-12)10-4-7-2-3-16-6-7/h2-3,5-6H,4H2,1H3,(H,10,11). The predicted molar refractivity (Wildman–Crippen MR) is 55.9 cm³/mol. The van der Waals surface area contributed by atoms with Crippen LogP contribution in [0, 0.1) is 10.1 Å². The second kappa shape index (κ2) is 4.05. The molecule has 0 fully saturated rings. The highest BCUT2D eigenvalue weighted by molar-refractivity contribution is 5.54. The summed E-state index contributed by atoms with van der Waals surface area (Å²) in [6.07, 6.45) is 4.48. The summed E-state index contributed by atoms with van der Waals surface area (Å²) < 4.78 is 6.28. The van der Waals surface area contributed by atoms with Crippen LogP contribution in [-0.2, 0) is 13.6 Å². The Hall–Kier alpha value is -2.31. The van der Waals surface area contributed by atoms with Crippen molar-refractivity contribution in [3.63, 3.8) is 0 Å². The van der Waals surface area contributed by atoms with Crippen molar-refractivity contribution in [3.05, 3.63) is 40.5 Å². The maximum Gasteiger partial charge on any atom is 0.330 e. The lowest BCUT2D eigenvalue weighted by Gasteiger charge is -1.99. The van der Waals surface area contributed by atoms with Gasteiger partial charge in [0.05, 0.1) is 17.4 Å². The second-order valence-corrected chi connectivity index (χ2v) is 3.28. The average Bonchev–Trinajstić information content (AvgIpc) is 2.83. The first-order valence-electron chi connectivity index (χ1n) is 4.60. The van der Waals surface area contributed by atoms with Gasteiger partial charge < -0.3 is 9.73 Å². The molecule has 2 aromatic rings. The fourth-order valence-electron chi connectivity index (χ4n) is 1.31. The SMILES string of the molecule is Cn1cc([N+](=O)[O-])c(NCc2ccoc2)n1. The highest BCUT2D eigenvalue weighted by Crippen LogP contribution is 2.21. The molecule has 0 bridgehead atoms. The number of nitro groups is 1. The lowest BCUT2D eigenvalue weighted by Crippen LogP contribution is -2.01. The van der Waals surface area contributed by atoms with E-state index >= 15 is 0 Å². The summed E-state index contributed by atoms with van der Waals surface area (Å²) in [5.74, 6) is 0.258. The van der Waals surface area contributed by atoms with Crippen molar-refractivity contribution < 1.29 is 9.34 Å². The number of furan rings is 1. The van der Waals surface area contributed by atoms with Crippen molar-refractivity contribution in [2.75, 3.05) is 5.32 Å². The largest absolute Gasteiger partial charge is 0.472 e. The molecule has 0 spiro atoms. The number of nitrogens with zero attached hydrogens (tertiary/aromatic N) is 3. The molecular weight excluding hydrogens is 212 g/mol. The van der Waals surface area contributed by atoms with Gasteiger partial charge in [-0.3, -0.25) is 14.8 Å². The molecule has 2 rings (SSSR count). The average molecular weight is 222 g/mol. The zero-order valence-electron chi connectivity index (χ0n) is 8.58. The Bertz CT molecular complexity index is 489. The summed E-state index contributed by atoms with van der Waals surface area (Å²) in [5.41, 5.74) is 0.867. The van der Waals surface area contributed by atoms with Gasteiger partial charge in [-0.1, -0.05) is 0 Å². The maximum atomic E-state index is 10.7. The highest BCUT2D eigenvalue weighted by atomic mass is 16.6. The van der Waals surface area contributed by atoms with Gasteiger partial charge >= 0.3 is 5.69 Å². The minimum absolute atomic E-state index is 0.0361. The van der Waals surface area contributed by atoms with Crippen LogP contribution >= 0.6 is 0 Å². The summed E-state index contributed by atoms with van der Waals surface area (Å²) in [5, 5.41) is 17.5.